The quantitative estimate of drug-likeness (QED) is 0.786. The number of likely N-dealkylation sites (N-methyl/N-ethyl adjacent to an activating group) is 1. The van der Waals surface area contributed by atoms with E-state index in [9.17, 15) is 0 Å². The molecule has 0 spiro atoms. The Morgan fingerprint density at radius 1 is 1.06 bits per heavy atom. The molecule has 17 heavy (non-hydrogen) atoms. The normalized spacial score (nSPS) is 27.2. The van der Waals surface area contributed by atoms with Crippen LogP contribution < -0.4 is 10.6 Å². The second-order valence-electron chi connectivity index (χ2n) is 5.06. The number of hydrogen-bond donors (Lipinski definition) is 2. The predicted molar refractivity (Wildman–Crippen MR) is 75.5 cm³/mol. The molecule has 0 saturated carbocycles. The van der Waals surface area contributed by atoms with E-state index in [2.05, 4.69) is 43.2 Å². The van der Waals surface area contributed by atoms with E-state index in [1.165, 1.54) is 25.8 Å². The standard InChI is InChI=1S/C14H31N3/c1-5-13-14(6-2,7-3)17(8-4)12-11-15-9-10-16-13/h13,15-16H,5-12H2,1-4H3. The van der Waals surface area contributed by atoms with Crippen molar-refractivity contribution >= 4 is 0 Å². The van der Waals surface area contributed by atoms with Crippen LogP contribution in [0, 0.1) is 0 Å². The lowest BCUT2D eigenvalue weighted by molar-refractivity contribution is 0.0481. The lowest BCUT2D eigenvalue weighted by Gasteiger charge is -2.48. The molecule has 1 aliphatic heterocycles. The van der Waals surface area contributed by atoms with Gasteiger partial charge in [-0.1, -0.05) is 27.7 Å². The Balaban J connectivity index is 2.95. The average Bonchev–Trinajstić information content (AvgIpc) is 2.46. The first-order valence-corrected chi connectivity index (χ1v) is 7.44. The molecule has 2 N–H and O–H groups in total. The summed E-state index contributed by atoms with van der Waals surface area (Å²) in [6, 6.07) is 0.623. The van der Waals surface area contributed by atoms with Crippen LogP contribution in [0.25, 0.3) is 0 Å². The molecule has 0 radical (unpaired) electrons. The first-order valence-electron chi connectivity index (χ1n) is 7.44. The first-order chi connectivity index (χ1) is 8.25. The summed E-state index contributed by atoms with van der Waals surface area (Å²) < 4.78 is 0. The van der Waals surface area contributed by atoms with Gasteiger partial charge in [0.05, 0.1) is 0 Å². The zero-order valence-corrected chi connectivity index (χ0v) is 12.2. The van der Waals surface area contributed by atoms with Crippen LogP contribution in [0.1, 0.15) is 47.0 Å². The van der Waals surface area contributed by atoms with Crippen LogP contribution in [0.15, 0.2) is 0 Å². The van der Waals surface area contributed by atoms with Gasteiger partial charge in [-0.05, 0) is 25.8 Å². The van der Waals surface area contributed by atoms with Crippen molar-refractivity contribution in [1.82, 2.24) is 15.5 Å². The first kappa shape index (κ1) is 14.9. The SMILES string of the molecule is CCC1NCCNCCN(CC)C1(CC)CC. The van der Waals surface area contributed by atoms with Gasteiger partial charge in [-0.25, -0.2) is 0 Å². The van der Waals surface area contributed by atoms with Gasteiger partial charge in [0.2, 0.25) is 0 Å². The van der Waals surface area contributed by atoms with Crippen LogP contribution in [-0.2, 0) is 0 Å². The molecule has 0 aromatic heterocycles. The van der Waals surface area contributed by atoms with Crippen molar-refractivity contribution in [2.24, 2.45) is 0 Å². The summed E-state index contributed by atoms with van der Waals surface area (Å²) in [5.74, 6) is 0. The summed E-state index contributed by atoms with van der Waals surface area (Å²) in [5.41, 5.74) is 0.343. The molecule has 0 aromatic rings. The summed E-state index contributed by atoms with van der Waals surface area (Å²) in [6.07, 6.45) is 3.70. The number of nitrogens with zero attached hydrogens (tertiary/aromatic N) is 1. The Hall–Kier alpha value is -0.120. The number of hydrogen-bond acceptors (Lipinski definition) is 3. The fraction of sp³-hybridized carbons (Fsp3) is 1.00. The van der Waals surface area contributed by atoms with Crippen molar-refractivity contribution in [2.45, 2.75) is 58.5 Å². The molecule has 0 aliphatic carbocycles. The predicted octanol–water partition coefficient (Wildman–Crippen LogP) is 1.84. The molecule has 1 heterocycles. The molecular formula is C14H31N3. The zero-order valence-electron chi connectivity index (χ0n) is 12.2. The van der Waals surface area contributed by atoms with Crippen LogP contribution in [0.4, 0.5) is 0 Å². The van der Waals surface area contributed by atoms with Crippen molar-refractivity contribution in [3.63, 3.8) is 0 Å². The second kappa shape index (κ2) is 7.34. The van der Waals surface area contributed by atoms with Crippen LogP contribution in [0.5, 0.6) is 0 Å². The molecule has 3 nitrogen and oxygen atoms in total. The van der Waals surface area contributed by atoms with E-state index in [-0.39, 0.29) is 0 Å². The van der Waals surface area contributed by atoms with Crippen molar-refractivity contribution < 1.29 is 0 Å². The van der Waals surface area contributed by atoms with E-state index in [1.807, 2.05) is 0 Å². The average molecular weight is 241 g/mol. The molecule has 3 heteroatoms. The fourth-order valence-electron chi connectivity index (χ4n) is 3.49. The molecule has 1 aliphatic rings. The third-order valence-electron chi connectivity index (χ3n) is 4.54. The Bertz CT molecular complexity index is 184. The van der Waals surface area contributed by atoms with Crippen LogP contribution in [0.2, 0.25) is 0 Å². The van der Waals surface area contributed by atoms with Gasteiger partial charge < -0.3 is 10.6 Å². The molecule has 0 bridgehead atoms. The van der Waals surface area contributed by atoms with Gasteiger partial charge in [-0.15, -0.1) is 0 Å². The van der Waals surface area contributed by atoms with Gasteiger partial charge in [0.25, 0.3) is 0 Å². The van der Waals surface area contributed by atoms with E-state index >= 15 is 0 Å². The Morgan fingerprint density at radius 3 is 2.29 bits per heavy atom. The lowest BCUT2D eigenvalue weighted by Crippen LogP contribution is -2.61. The minimum Gasteiger partial charge on any atom is -0.314 e. The van der Waals surface area contributed by atoms with Crippen molar-refractivity contribution in [3.05, 3.63) is 0 Å². The third-order valence-corrected chi connectivity index (χ3v) is 4.54. The van der Waals surface area contributed by atoms with Crippen molar-refractivity contribution in [2.75, 3.05) is 32.7 Å². The van der Waals surface area contributed by atoms with Gasteiger partial charge in [0, 0.05) is 37.8 Å². The van der Waals surface area contributed by atoms with Gasteiger partial charge in [0.1, 0.15) is 0 Å². The maximum absolute atomic E-state index is 3.76. The zero-order chi connectivity index (χ0) is 12.7. The monoisotopic (exact) mass is 241 g/mol. The van der Waals surface area contributed by atoms with Gasteiger partial charge in [0.15, 0.2) is 0 Å². The summed E-state index contributed by atoms with van der Waals surface area (Å²) in [5, 5.41) is 7.28. The summed E-state index contributed by atoms with van der Waals surface area (Å²) >= 11 is 0. The molecule has 102 valence electrons. The van der Waals surface area contributed by atoms with E-state index in [4.69, 9.17) is 0 Å². The van der Waals surface area contributed by atoms with E-state index in [1.54, 1.807) is 0 Å². The van der Waals surface area contributed by atoms with Gasteiger partial charge >= 0.3 is 0 Å². The largest absolute Gasteiger partial charge is 0.314 e. The topological polar surface area (TPSA) is 27.3 Å². The molecule has 1 atom stereocenters. The maximum atomic E-state index is 3.76. The number of rotatable bonds is 4. The molecule has 1 saturated heterocycles. The van der Waals surface area contributed by atoms with E-state index in [0.717, 1.165) is 26.2 Å². The molecule has 1 rings (SSSR count). The Labute approximate surface area is 107 Å². The van der Waals surface area contributed by atoms with Gasteiger partial charge in [-0.2, -0.15) is 0 Å². The highest BCUT2D eigenvalue weighted by molar-refractivity contribution is 4.99. The molecule has 1 unspecified atom stereocenters. The minimum absolute atomic E-state index is 0.343. The van der Waals surface area contributed by atoms with Gasteiger partial charge in [-0.3, -0.25) is 4.90 Å². The minimum atomic E-state index is 0.343. The molecule has 0 amide bonds. The van der Waals surface area contributed by atoms with E-state index < -0.39 is 0 Å². The lowest BCUT2D eigenvalue weighted by atomic mass is 9.81. The molecule has 0 aromatic carbocycles. The second-order valence-corrected chi connectivity index (χ2v) is 5.06. The summed E-state index contributed by atoms with van der Waals surface area (Å²) in [7, 11) is 0. The Kier molecular flexibility index (Phi) is 6.45. The highest BCUT2D eigenvalue weighted by atomic mass is 15.2. The maximum Gasteiger partial charge on any atom is 0.0357 e. The van der Waals surface area contributed by atoms with E-state index in [0.29, 0.717) is 11.6 Å². The van der Waals surface area contributed by atoms with Crippen LogP contribution in [-0.4, -0.2) is 49.2 Å². The Morgan fingerprint density at radius 2 is 1.76 bits per heavy atom. The highest BCUT2D eigenvalue weighted by Gasteiger charge is 2.39. The van der Waals surface area contributed by atoms with Crippen LogP contribution in [0.3, 0.4) is 0 Å². The molecule has 1 fully saturated rings. The summed E-state index contributed by atoms with van der Waals surface area (Å²) in [4.78, 5) is 2.69. The third kappa shape index (κ3) is 3.21. The summed E-state index contributed by atoms with van der Waals surface area (Å²) in [6.45, 7) is 15.0. The smallest absolute Gasteiger partial charge is 0.0357 e. The molecular weight excluding hydrogens is 210 g/mol. The van der Waals surface area contributed by atoms with Crippen molar-refractivity contribution in [3.8, 4) is 0 Å². The fourth-order valence-corrected chi connectivity index (χ4v) is 3.49. The number of nitrogens with one attached hydrogen (secondary N) is 2. The highest BCUT2D eigenvalue weighted by Crippen LogP contribution is 2.29. The van der Waals surface area contributed by atoms with Crippen molar-refractivity contribution in [1.29, 1.82) is 0 Å². The van der Waals surface area contributed by atoms with Crippen LogP contribution >= 0.6 is 0 Å².